The minimum Gasteiger partial charge on any atom is -0.385 e. The van der Waals surface area contributed by atoms with Gasteiger partial charge < -0.3 is 16.4 Å². The molecule has 1 aliphatic rings. The number of allylic oxidation sites excluding steroid dienone is 2. The van der Waals surface area contributed by atoms with Gasteiger partial charge in [0.05, 0.1) is 18.1 Å². The first kappa shape index (κ1) is 15.7. The van der Waals surface area contributed by atoms with Crippen LogP contribution < -0.4 is 16.4 Å². The van der Waals surface area contributed by atoms with E-state index in [1.54, 1.807) is 12.4 Å². The number of carbonyl (C=O) groups excluding carboxylic acids is 1. The molecule has 0 aromatic carbocycles. The normalized spacial score (nSPS) is 14.6. The number of hydrogen-bond donors (Lipinski definition) is 3. The smallest absolute Gasteiger partial charge is 0.151 e. The molecule has 2 aromatic heterocycles. The molecule has 7 heteroatoms. The molecule has 0 radical (unpaired) electrons. The third kappa shape index (κ3) is 2.97. The second kappa shape index (κ2) is 6.93. The highest BCUT2D eigenvalue weighted by Crippen LogP contribution is 2.23. The second-order valence-corrected chi connectivity index (χ2v) is 5.20. The summed E-state index contributed by atoms with van der Waals surface area (Å²) in [4.78, 5) is 19.3. The zero-order chi connectivity index (χ0) is 16.9. The SMILES string of the molecule is C=N/C(=C\NCN)C1=CC(n2ccc3cc(C=O)cnc32)=CNC1. The molecule has 0 saturated carbocycles. The summed E-state index contributed by atoms with van der Waals surface area (Å²) < 4.78 is 1.95. The van der Waals surface area contributed by atoms with Gasteiger partial charge >= 0.3 is 0 Å². The van der Waals surface area contributed by atoms with E-state index in [9.17, 15) is 4.79 Å². The molecule has 24 heavy (non-hydrogen) atoms. The molecule has 7 nitrogen and oxygen atoms in total. The molecule has 0 saturated heterocycles. The lowest BCUT2D eigenvalue weighted by Gasteiger charge is -2.17. The Bertz CT molecular complexity index is 874. The summed E-state index contributed by atoms with van der Waals surface area (Å²) in [5.41, 5.74) is 9.41. The van der Waals surface area contributed by atoms with Crippen LogP contribution in [-0.4, -0.2) is 35.8 Å². The van der Waals surface area contributed by atoms with Crippen molar-refractivity contribution < 1.29 is 4.79 Å². The van der Waals surface area contributed by atoms with Crippen LogP contribution in [0.1, 0.15) is 10.4 Å². The van der Waals surface area contributed by atoms with E-state index in [4.69, 9.17) is 5.73 Å². The summed E-state index contributed by atoms with van der Waals surface area (Å²) in [7, 11) is 0. The van der Waals surface area contributed by atoms with E-state index in [0.29, 0.717) is 18.8 Å². The minimum atomic E-state index is 0.327. The van der Waals surface area contributed by atoms with Crippen LogP contribution in [0.25, 0.3) is 16.7 Å². The van der Waals surface area contributed by atoms with Gasteiger partial charge in [-0.2, -0.15) is 0 Å². The van der Waals surface area contributed by atoms with Gasteiger partial charge in [0, 0.05) is 47.9 Å². The number of hydrogen-bond acceptors (Lipinski definition) is 6. The molecule has 0 unspecified atom stereocenters. The number of carbonyl (C=O) groups is 1. The first-order valence-electron chi connectivity index (χ1n) is 7.44. The number of aldehydes is 1. The molecule has 0 aliphatic carbocycles. The van der Waals surface area contributed by atoms with Gasteiger partial charge in [-0.05, 0) is 24.9 Å². The number of nitrogens with one attached hydrogen (secondary N) is 2. The largest absolute Gasteiger partial charge is 0.385 e. The van der Waals surface area contributed by atoms with Crippen molar-refractivity contribution in [2.24, 2.45) is 10.7 Å². The average Bonchev–Trinajstić information content (AvgIpc) is 3.05. The number of aliphatic imine (C=N–C) groups is 1. The zero-order valence-corrected chi connectivity index (χ0v) is 13.1. The third-order valence-electron chi connectivity index (χ3n) is 3.68. The molecule has 0 amide bonds. The predicted octanol–water partition coefficient (Wildman–Crippen LogP) is 1.22. The summed E-state index contributed by atoms with van der Waals surface area (Å²) in [6, 6.07) is 3.74. The Morgan fingerprint density at radius 3 is 3.21 bits per heavy atom. The summed E-state index contributed by atoms with van der Waals surface area (Å²) in [5.74, 6) is 0. The van der Waals surface area contributed by atoms with Crippen molar-refractivity contribution in [3.05, 3.63) is 59.8 Å². The summed E-state index contributed by atoms with van der Waals surface area (Å²) in [6.45, 7) is 4.57. The maximum absolute atomic E-state index is 10.9. The van der Waals surface area contributed by atoms with E-state index < -0.39 is 0 Å². The second-order valence-electron chi connectivity index (χ2n) is 5.20. The molecule has 0 atom stereocenters. The van der Waals surface area contributed by atoms with E-state index in [0.717, 1.165) is 34.3 Å². The molecule has 2 aromatic rings. The molecule has 0 spiro atoms. The highest BCUT2D eigenvalue weighted by atomic mass is 16.1. The van der Waals surface area contributed by atoms with Gasteiger partial charge in [-0.3, -0.25) is 14.4 Å². The molecule has 122 valence electrons. The van der Waals surface area contributed by atoms with Crippen molar-refractivity contribution in [1.82, 2.24) is 20.2 Å². The number of nitrogens with zero attached hydrogens (tertiary/aromatic N) is 3. The highest BCUT2D eigenvalue weighted by molar-refractivity contribution is 5.87. The van der Waals surface area contributed by atoms with Gasteiger partial charge in [-0.15, -0.1) is 0 Å². The maximum Gasteiger partial charge on any atom is 0.151 e. The third-order valence-corrected chi connectivity index (χ3v) is 3.68. The molecular formula is C17H18N6O. The average molecular weight is 322 g/mol. The standard InChI is InChI=1S/C17H18N6O/c1-19-16(9-21-11-18)14-5-15(8-20-7-14)23-3-2-13-4-12(10-24)6-22-17(13)23/h2-6,8-10,20-21H,1,7,11,18H2/b16-9-. The first-order valence-corrected chi connectivity index (χ1v) is 7.44. The van der Waals surface area contributed by atoms with Crippen molar-refractivity contribution in [1.29, 1.82) is 0 Å². The number of dihydropyridines is 1. The molecule has 3 rings (SSSR count). The number of rotatable bonds is 6. The van der Waals surface area contributed by atoms with E-state index in [1.165, 1.54) is 0 Å². The zero-order valence-electron chi connectivity index (χ0n) is 13.1. The van der Waals surface area contributed by atoms with Gasteiger partial charge in [-0.25, -0.2) is 4.98 Å². The number of pyridine rings is 1. The summed E-state index contributed by atoms with van der Waals surface area (Å²) >= 11 is 0. The molecule has 0 fully saturated rings. The Balaban J connectivity index is 1.99. The quantitative estimate of drug-likeness (QED) is 0.422. The first-order chi connectivity index (χ1) is 11.8. The topological polar surface area (TPSA) is 97.3 Å². The van der Waals surface area contributed by atoms with Crippen LogP contribution in [0, 0.1) is 0 Å². The van der Waals surface area contributed by atoms with Crippen LogP contribution >= 0.6 is 0 Å². The molecule has 0 bridgehead atoms. The van der Waals surface area contributed by atoms with Crippen LogP contribution in [0.4, 0.5) is 0 Å². The van der Waals surface area contributed by atoms with Crippen LogP contribution in [0.2, 0.25) is 0 Å². The van der Waals surface area contributed by atoms with E-state index in [-0.39, 0.29) is 0 Å². The van der Waals surface area contributed by atoms with Gasteiger partial charge in [0.15, 0.2) is 6.29 Å². The van der Waals surface area contributed by atoms with Gasteiger partial charge in [0.2, 0.25) is 0 Å². The fourth-order valence-electron chi connectivity index (χ4n) is 2.55. The Morgan fingerprint density at radius 2 is 2.46 bits per heavy atom. The van der Waals surface area contributed by atoms with Crippen molar-refractivity contribution in [2.75, 3.05) is 13.2 Å². The summed E-state index contributed by atoms with van der Waals surface area (Å²) in [5, 5.41) is 7.07. The maximum atomic E-state index is 10.9. The molecule has 3 heterocycles. The van der Waals surface area contributed by atoms with Crippen molar-refractivity contribution in [3.8, 4) is 0 Å². The van der Waals surface area contributed by atoms with Crippen LogP contribution in [0.15, 0.2) is 59.3 Å². The Hall–Kier alpha value is -3.19. The summed E-state index contributed by atoms with van der Waals surface area (Å²) in [6.07, 6.45) is 9.95. The Labute approximate surface area is 139 Å². The number of fused-ring (bicyclic) bond motifs is 1. The van der Waals surface area contributed by atoms with Crippen LogP contribution in [0.5, 0.6) is 0 Å². The monoisotopic (exact) mass is 322 g/mol. The van der Waals surface area contributed by atoms with Gasteiger partial charge in [0.1, 0.15) is 5.65 Å². The van der Waals surface area contributed by atoms with Crippen LogP contribution in [0.3, 0.4) is 0 Å². The molecule has 4 N–H and O–H groups in total. The molecular weight excluding hydrogens is 304 g/mol. The van der Waals surface area contributed by atoms with E-state index >= 15 is 0 Å². The van der Waals surface area contributed by atoms with Gasteiger partial charge in [-0.1, -0.05) is 0 Å². The minimum absolute atomic E-state index is 0.327. The van der Waals surface area contributed by atoms with Crippen molar-refractivity contribution in [2.45, 2.75) is 0 Å². The Morgan fingerprint density at radius 1 is 1.58 bits per heavy atom. The Kier molecular flexibility index (Phi) is 4.53. The van der Waals surface area contributed by atoms with E-state index in [1.807, 2.05) is 35.2 Å². The number of aromatic nitrogens is 2. The fourth-order valence-corrected chi connectivity index (χ4v) is 2.55. The number of nitrogens with two attached hydrogens (primary N) is 1. The van der Waals surface area contributed by atoms with Crippen LogP contribution in [-0.2, 0) is 0 Å². The lowest BCUT2D eigenvalue weighted by Crippen LogP contribution is -2.20. The van der Waals surface area contributed by atoms with Crippen molar-refractivity contribution in [3.63, 3.8) is 0 Å². The van der Waals surface area contributed by atoms with Gasteiger partial charge in [0.25, 0.3) is 0 Å². The molecule has 1 aliphatic heterocycles. The van der Waals surface area contributed by atoms with Crippen molar-refractivity contribution >= 4 is 29.7 Å². The lowest BCUT2D eigenvalue weighted by molar-refractivity contribution is 0.112. The predicted molar refractivity (Wildman–Crippen MR) is 95.3 cm³/mol. The highest BCUT2D eigenvalue weighted by Gasteiger charge is 2.12. The van der Waals surface area contributed by atoms with E-state index in [2.05, 4.69) is 27.3 Å². The lowest BCUT2D eigenvalue weighted by atomic mass is 10.1. The fraction of sp³-hybridized carbons (Fsp3) is 0.118.